The van der Waals surface area contributed by atoms with Crippen LogP contribution in [-0.2, 0) is 4.74 Å². The van der Waals surface area contributed by atoms with Gasteiger partial charge in [0, 0.05) is 42.3 Å². The second-order valence-electron chi connectivity index (χ2n) is 6.24. The van der Waals surface area contributed by atoms with Crippen molar-refractivity contribution in [2.75, 3.05) is 13.2 Å². The molecule has 0 unspecified atom stereocenters. The van der Waals surface area contributed by atoms with Crippen LogP contribution in [0.15, 0.2) is 42.0 Å². The minimum atomic E-state index is 0.444. The van der Waals surface area contributed by atoms with Crippen LogP contribution in [-0.4, -0.2) is 24.1 Å². The van der Waals surface area contributed by atoms with Crippen molar-refractivity contribution in [2.45, 2.75) is 39.7 Å². The second kappa shape index (κ2) is 7.70. The molecule has 1 fully saturated rings. The summed E-state index contributed by atoms with van der Waals surface area (Å²) in [6, 6.07) is 9.08. The third kappa shape index (κ3) is 3.40. The van der Waals surface area contributed by atoms with Crippen molar-refractivity contribution < 1.29 is 4.74 Å². The van der Waals surface area contributed by atoms with Crippen LogP contribution < -0.4 is 5.32 Å². The average molecular weight is 337 g/mol. The molecular weight excluding hydrogens is 310 g/mol. The number of hydrogen-bond donors (Lipinski definition) is 1. The summed E-state index contributed by atoms with van der Waals surface area (Å²) in [6.45, 7) is 11.9. The van der Waals surface area contributed by atoms with Gasteiger partial charge in [-0.3, -0.25) is 0 Å². The van der Waals surface area contributed by atoms with E-state index in [9.17, 15) is 0 Å². The number of aromatic nitrogens is 1. The van der Waals surface area contributed by atoms with Gasteiger partial charge in [0.15, 0.2) is 0 Å². The van der Waals surface area contributed by atoms with Crippen molar-refractivity contribution in [1.29, 1.82) is 0 Å². The van der Waals surface area contributed by atoms with Gasteiger partial charge in [-0.15, -0.1) is 0 Å². The summed E-state index contributed by atoms with van der Waals surface area (Å²) in [5, 5.41) is 3.15. The maximum Gasteiger partial charge on any atom is 0.144 e. The lowest BCUT2D eigenvalue weighted by molar-refractivity contribution is 0.0701. The van der Waals surface area contributed by atoms with Gasteiger partial charge in [-0.1, -0.05) is 50.3 Å². The number of nitrogens with zero attached hydrogens (tertiary/aromatic N) is 2. The molecule has 0 radical (unpaired) electrons. The van der Waals surface area contributed by atoms with Crippen LogP contribution in [0.1, 0.15) is 43.9 Å². The lowest BCUT2D eigenvalue weighted by Gasteiger charge is -2.25. The van der Waals surface area contributed by atoms with Crippen LogP contribution in [0.3, 0.4) is 0 Å². The Morgan fingerprint density at radius 1 is 1.16 bits per heavy atom. The van der Waals surface area contributed by atoms with E-state index >= 15 is 0 Å². The second-order valence-corrected chi connectivity index (χ2v) is 6.24. The van der Waals surface area contributed by atoms with Crippen molar-refractivity contribution in [3.63, 3.8) is 0 Å². The Hall–Kier alpha value is -2.33. The van der Waals surface area contributed by atoms with Crippen molar-refractivity contribution in [3.8, 4) is 11.1 Å². The molecule has 1 aromatic carbocycles. The maximum atomic E-state index is 5.51. The molecule has 0 bridgehead atoms. The minimum absolute atomic E-state index is 0.444. The minimum Gasteiger partial charge on any atom is -0.381 e. The highest BCUT2D eigenvalue weighted by Crippen LogP contribution is 2.41. The molecule has 0 spiro atoms. The van der Waals surface area contributed by atoms with Crippen LogP contribution >= 0.6 is 0 Å². The maximum absolute atomic E-state index is 5.51. The van der Waals surface area contributed by atoms with Gasteiger partial charge in [-0.05, 0) is 25.3 Å². The molecule has 0 saturated carbocycles. The van der Waals surface area contributed by atoms with Gasteiger partial charge in [0.2, 0.25) is 0 Å². The predicted octanol–water partition coefficient (Wildman–Crippen LogP) is 5.07. The van der Waals surface area contributed by atoms with Crippen LogP contribution in [0.4, 0.5) is 5.82 Å². The molecule has 2 aliphatic heterocycles. The largest absolute Gasteiger partial charge is 0.381 e. The number of ether oxygens (including phenoxy) is 1. The van der Waals surface area contributed by atoms with E-state index < -0.39 is 0 Å². The van der Waals surface area contributed by atoms with Crippen LogP contribution in [0.5, 0.6) is 0 Å². The monoisotopic (exact) mass is 337 g/mol. The third-order valence-electron chi connectivity index (χ3n) is 4.68. The highest BCUT2D eigenvalue weighted by atomic mass is 16.5. The Kier molecular flexibility index (Phi) is 5.39. The van der Waals surface area contributed by atoms with Gasteiger partial charge < -0.3 is 14.6 Å². The van der Waals surface area contributed by atoms with Crippen LogP contribution in [0, 0.1) is 6.92 Å². The van der Waals surface area contributed by atoms with E-state index in [1.807, 2.05) is 13.8 Å². The van der Waals surface area contributed by atoms with Crippen molar-refractivity contribution in [2.24, 2.45) is 4.99 Å². The fraction of sp³-hybridized carbons (Fsp3) is 0.381. The molecule has 1 saturated heterocycles. The smallest absolute Gasteiger partial charge is 0.144 e. The molecule has 4 heteroatoms. The van der Waals surface area contributed by atoms with E-state index in [2.05, 4.69) is 58.8 Å². The fourth-order valence-corrected chi connectivity index (χ4v) is 3.38. The Labute approximate surface area is 150 Å². The number of rotatable bonds is 2. The van der Waals surface area contributed by atoms with Gasteiger partial charge in [-0.2, -0.15) is 0 Å². The van der Waals surface area contributed by atoms with Crippen molar-refractivity contribution in [1.82, 2.24) is 9.88 Å². The van der Waals surface area contributed by atoms with Gasteiger partial charge in [0.25, 0.3) is 0 Å². The molecule has 1 N–H and O–H groups in total. The van der Waals surface area contributed by atoms with Gasteiger partial charge in [0.05, 0.1) is 6.34 Å². The number of fused-ring (bicyclic) bond motifs is 1. The molecule has 3 heterocycles. The van der Waals surface area contributed by atoms with Crippen LogP contribution in [0.2, 0.25) is 0 Å². The van der Waals surface area contributed by atoms with Crippen LogP contribution in [0.25, 0.3) is 16.8 Å². The zero-order valence-electron chi connectivity index (χ0n) is 15.4. The number of benzene rings is 1. The molecule has 0 aliphatic carbocycles. The van der Waals surface area contributed by atoms with Crippen molar-refractivity contribution in [3.05, 3.63) is 48.2 Å². The summed E-state index contributed by atoms with van der Waals surface area (Å²) in [5.41, 5.74) is 5.69. The Balaban J connectivity index is 0.000000880. The molecule has 2 aromatic rings. The fourth-order valence-electron chi connectivity index (χ4n) is 3.38. The molecule has 1 aromatic heterocycles. The molecule has 25 heavy (non-hydrogen) atoms. The topological polar surface area (TPSA) is 38.5 Å². The van der Waals surface area contributed by atoms with E-state index in [0.29, 0.717) is 6.04 Å². The molecule has 4 nitrogen and oxygen atoms in total. The summed E-state index contributed by atoms with van der Waals surface area (Å²) < 4.78 is 7.82. The zero-order valence-corrected chi connectivity index (χ0v) is 15.4. The van der Waals surface area contributed by atoms with Gasteiger partial charge in [0.1, 0.15) is 5.82 Å². The first-order valence-corrected chi connectivity index (χ1v) is 9.12. The SMILES string of the molecule is C=C1NC=Nc2c1c(-c1ccc(C)cc1)cn2C1CCOCC1.CC. The first kappa shape index (κ1) is 17.5. The van der Waals surface area contributed by atoms with E-state index in [4.69, 9.17) is 4.74 Å². The highest BCUT2D eigenvalue weighted by Gasteiger charge is 2.26. The Bertz CT molecular complexity index is 765. The predicted molar refractivity (Wildman–Crippen MR) is 105 cm³/mol. The number of hydrogen-bond acceptors (Lipinski definition) is 3. The summed E-state index contributed by atoms with van der Waals surface area (Å²) in [5.74, 6) is 1.01. The first-order valence-electron chi connectivity index (χ1n) is 9.12. The number of aliphatic imine (C=N–C) groups is 1. The Morgan fingerprint density at radius 2 is 1.84 bits per heavy atom. The molecule has 132 valence electrons. The number of aryl methyl sites for hydroxylation is 1. The summed E-state index contributed by atoms with van der Waals surface area (Å²) in [6.07, 6.45) is 6.04. The van der Waals surface area contributed by atoms with Gasteiger partial charge >= 0.3 is 0 Å². The van der Waals surface area contributed by atoms with Crippen molar-refractivity contribution >= 4 is 17.9 Å². The zero-order chi connectivity index (χ0) is 17.8. The average Bonchev–Trinajstić information content (AvgIpc) is 3.06. The van der Waals surface area contributed by atoms with E-state index in [0.717, 1.165) is 43.1 Å². The summed E-state index contributed by atoms with van der Waals surface area (Å²) in [4.78, 5) is 4.61. The standard InChI is InChI=1S/C19H21N3O.C2H6/c1-13-3-5-15(6-4-13)17-11-22(16-7-9-23-10-8-16)19-18(17)14(2)20-12-21-19;1-2/h3-6,11-12,16H,2,7-10H2,1H3,(H,20,21);1-2H3. The quantitative estimate of drug-likeness (QED) is 0.830. The molecule has 4 rings (SSSR count). The summed E-state index contributed by atoms with van der Waals surface area (Å²) in [7, 11) is 0. The first-order chi connectivity index (χ1) is 12.2. The molecule has 2 aliphatic rings. The summed E-state index contributed by atoms with van der Waals surface area (Å²) >= 11 is 0. The van der Waals surface area contributed by atoms with Gasteiger partial charge in [-0.25, -0.2) is 4.99 Å². The Morgan fingerprint density at radius 3 is 2.52 bits per heavy atom. The molecular formula is C21H27N3O. The van der Waals surface area contributed by atoms with E-state index in [1.54, 1.807) is 6.34 Å². The third-order valence-corrected chi connectivity index (χ3v) is 4.68. The van der Waals surface area contributed by atoms with E-state index in [1.165, 1.54) is 16.7 Å². The normalized spacial score (nSPS) is 16.7. The lowest BCUT2D eigenvalue weighted by atomic mass is 10.0. The highest BCUT2D eigenvalue weighted by molar-refractivity contribution is 5.93. The molecule has 0 atom stereocenters. The van der Waals surface area contributed by atoms with E-state index in [-0.39, 0.29) is 0 Å². The molecule has 0 amide bonds. The lowest BCUT2D eigenvalue weighted by Crippen LogP contribution is -2.20. The number of nitrogens with one attached hydrogen (secondary N) is 1.